The largest absolute Gasteiger partial charge is 0.481 e. The summed E-state index contributed by atoms with van der Waals surface area (Å²) in [6, 6.07) is 11.8. The highest BCUT2D eigenvalue weighted by Gasteiger charge is 2.28. The topological polar surface area (TPSA) is 51.2 Å². The first-order valence-corrected chi connectivity index (χ1v) is 9.94. The van der Waals surface area contributed by atoms with E-state index < -0.39 is 6.10 Å². The summed E-state index contributed by atoms with van der Waals surface area (Å²) in [6.45, 7) is 5.92. The van der Waals surface area contributed by atoms with Crippen molar-refractivity contribution in [3.8, 4) is 17.2 Å². The van der Waals surface area contributed by atoms with Crippen LogP contribution in [0.5, 0.6) is 17.2 Å². The van der Waals surface area contributed by atoms with Gasteiger partial charge in [0.1, 0.15) is 11.6 Å². The molecular weight excluding hydrogens is 375 g/mol. The molecule has 0 bridgehead atoms. The van der Waals surface area contributed by atoms with Crippen molar-refractivity contribution >= 4 is 5.91 Å². The van der Waals surface area contributed by atoms with Gasteiger partial charge in [-0.25, -0.2) is 4.39 Å². The molecule has 2 aliphatic rings. The molecule has 0 N–H and O–H groups in total. The van der Waals surface area contributed by atoms with E-state index in [-0.39, 0.29) is 18.5 Å². The summed E-state index contributed by atoms with van der Waals surface area (Å²) in [4.78, 5) is 17.0. The lowest BCUT2D eigenvalue weighted by molar-refractivity contribution is -0.140. The van der Waals surface area contributed by atoms with Crippen molar-refractivity contribution in [3.05, 3.63) is 53.8 Å². The summed E-state index contributed by atoms with van der Waals surface area (Å²) in [5.74, 6) is 1.75. The first kappa shape index (κ1) is 19.5. The number of nitrogens with zero attached hydrogens (tertiary/aromatic N) is 2. The average molecular weight is 400 g/mol. The van der Waals surface area contributed by atoms with Crippen molar-refractivity contribution < 1.29 is 23.4 Å². The number of piperazine rings is 1. The molecule has 4 rings (SSSR count). The molecule has 1 saturated heterocycles. The Bertz CT molecular complexity index is 850. The van der Waals surface area contributed by atoms with Crippen molar-refractivity contribution in [1.29, 1.82) is 0 Å². The first-order valence-electron chi connectivity index (χ1n) is 9.94. The second-order valence-corrected chi connectivity index (χ2v) is 7.26. The number of hydrogen-bond acceptors (Lipinski definition) is 5. The summed E-state index contributed by atoms with van der Waals surface area (Å²) in [5.41, 5.74) is 1.17. The van der Waals surface area contributed by atoms with E-state index in [0.717, 1.165) is 31.1 Å². The predicted octanol–water partition coefficient (Wildman–Crippen LogP) is 3.06. The molecule has 7 heteroatoms. The SMILES string of the molecule is CCC(Oc1ccc(F)cc1)C(=O)N1CCN(Cc2ccc3c(c2)OCO3)CC1. The van der Waals surface area contributed by atoms with Crippen LogP contribution in [-0.4, -0.2) is 54.8 Å². The maximum atomic E-state index is 13.1. The van der Waals surface area contributed by atoms with Gasteiger partial charge in [0.05, 0.1) is 0 Å². The normalized spacial score (nSPS) is 17.2. The lowest BCUT2D eigenvalue weighted by Gasteiger charge is -2.36. The van der Waals surface area contributed by atoms with E-state index in [1.807, 2.05) is 24.0 Å². The van der Waals surface area contributed by atoms with Gasteiger partial charge >= 0.3 is 0 Å². The molecule has 2 aliphatic heterocycles. The maximum absolute atomic E-state index is 13.1. The first-order chi connectivity index (χ1) is 14.1. The van der Waals surface area contributed by atoms with Gasteiger partial charge in [0.25, 0.3) is 5.91 Å². The van der Waals surface area contributed by atoms with Gasteiger partial charge in [-0.2, -0.15) is 0 Å². The number of halogens is 1. The van der Waals surface area contributed by atoms with Crippen LogP contribution in [0.25, 0.3) is 0 Å². The Morgan fingerprint density at radius 3 is 2.52 bits per heavy atom. The third-order valence-corrected chi connectivity index (χ3v) is 5.27. The van der Waals surface area contributed by atoms with Gasteiger partial charge in [-0.15, -0.1) is 0 Å². The van der Waals surface area contributed by atoms with Gasteiger partial charge in [0, 0.05) is 32.7 Å². The van der Waals surface area contributed by atoms with Crippen LogP contribution in [0.1, 0.15) is 18.9 Å². The van der Waals surface area contributed by atoms with Crippen LogP contribution in [-0.2, 0) is 11.3 Å². The molecule has 2 aromatic rings. The molecule has 0 aliphatic carbocycles. The highest BCUT2D eigenvalue weighted by Crippen LogP contribution is 2.32. The third kappa shape index (κ3) is 4.62. The van der Waals surface area contributed by atoms with Gasteiger partial charge in [-0.1, -0.05) is 13.0 Å². The molecule has 6 nitrogen and oxygen atoms in total. The van der Waals surface area contributed by atoms with Crippen molar-refractivity contribution in [1.82, 2.24) is 9.80 Å². The van der Waals surface area contributed by atoms with Crippen LogP contribution in [0.2, 0.25) is 0 Å². The van der Waals surface area contributed by atoms with E-state index in [1.165, 1.54) is 17.7 Å². The Labute approximate surface area is 169 Å². The van der Waals surface area contributed by atoms with E-state index in [4.69, 9.17) is 14.2 Å². The number of carbonyl (C=O) groups excluding carboxylic acids is 1. The van der Waals surface area contributed by atoms with Crippen LogP contribution in [0.3, 0.4) is 0 Å². The molecular formula is C22H25FN2O4. The second-order valence-electron chi connectivity index (χ2n) is 7.26. The molecule has 1 amide bonds. The van der Waals surface area contributed by atoms with E-state index in [2.05, 4.69) is 11.0 Å². The number of amides is 1. The number of benzene rings is 2. The van der Waals surface area contributed by atoms with Crippen molar-refractivity contribution in [2.24, 2.45) is 0 Å². The van der Waals surface area contributed by atoms with Gasteiger partial charge < -0.3 is 19.1 Å². The Hall–Kier alpha value is -2.80. The minimum atomic E-state index is -0.555. The lowest BCUT2D eigenvalue weighted by atomic mass is 10.1. The second kappa shape index (κ2) is 8.69. The molecule has 2 aromatic carbocycles. The third-order valence-electron chi connectivity index (χ3n) is 5.27. The minimum absolute atomic E-state index is 0.0143. The molecule has 1 unspecified atom stereocenters. The lowest BCUT2D eigenvalue weighted by Crippen LogP contribution is -2.52. The fraction of sp³-hybridized carbons (Fsp3) is 0.409. The van der Waals surface area contributed by atoms with Gasteiger partial charge in [-0.05, 0) is 48.4 Å². The molecule has 0 saturated carbocycles. The fourth-order valence-electron chi connectivity index (χ4n) is 3.61. The Kier molecular flexibility index (Phi) is 5.85. The monoisotopic (exact) mass is 400 g/mol. The smallest absolute Gasteiger partial charge is 0.263 e. The van der Waals surface area contributed by atoms with Crippen LogP contribution in [0.4, 0.5) is 4.39 Å². The highest BCUT2D eigenvalue weighted by molar-refractivity contribution is 5.81. The van der Waals surface area contributed by atoms with E-state index in [1.54, 1.807) is 12.1 Å². The van der Waals surface area contributed by atoms with Crippen LogP contribution in [0, 0.1) is 5.82 Å². The molecule has 154 valence electrons. The number of ether oxygens (including phenoxy) is 3. The van der Waals surface area contributed by atoms with E-state index in [0.29, 0.717) is 25.3 Å². The zero-order valence-corrected chi connectivity index (χ0v) is 16.5. The van der Waals surface area contributed by atoms with Crippen molar-refractivity contribution in [2.45, 2.75) is 26.0 Å². The number of rotatable bonds is 6. The fourth-order valence-corrected chi connectivity index (χ4v) is 3.61. The summed E-state index contributed by atoms with van der Waals surface area (Å²) < 4.78 is 29.7. The highest BCUT2D eigenvalue weighted by atomic mass is 19.1. The molecule has 29 heavy (non-hydrogen) atoms. The standard InChI is InChI=1S/C22H25FN2O4/c1-2-19(29-18-6-4-17(23)5-7-18)22(26)25-11-9-24(10-12-25)14-16-3-8-20-21(13-16)28-15-27-20/h3-8,13,19H,2,9-12,14-15H2,1H3. The molecule has 2 heterocycles. The summed E-state index contributed by atoms with van der Waals surface area (Å²) in [7, 11) is 0. The van der Waals surface area contributed by atoms with Gasteiger partial charge in [0.2, 0.25) is 6.79 Å². The number of hydrogen-bond donors (Lipinski definition) is 0. The number of carbonyl (C=O) groups is 1. The predicted molar refractivity (Wildman–Crippen MR) is 106 cm³/mol. The quantitative estimate of drug-likeness (QED) is 0.746. The van der Waals surface area contributed by atoms with Crippen molar-refractivity contribution in [2.75, 3.05) is 33.0 Å². The Morgan fingerprint density at radius 1 is 1.07 bits per heavy atom. The molecule has 0 radical (unpaired) electrons. The molecule has 1 atom stereocenters. The van der Waals surface area contributed by atoms with Gasteiger partial charge in [0.15, 0.2) is 17.6 Å². The minimum Gasteiger partial charge on any atom is -0.481 e. The average Bonchev–Trinajstić information content (AvgIpc) is 3.21. The Balaban J connectivity index is 1.30. The van der Waals surface area contributed by atoms with E-state index in [9.17, 15) is 9.18 Å². The van der Waals surface area contributed by atoms with Crippen LogP contribution < -0.4 is 14.2 Å². The van der Waals surface area contributed by atoms with Crippen molar-refractivity contribution in [3.63, 3.8) is 0 Å². The molecule has 0 aromatic heterocycles. The number of fused-ring (bicyclic) bond motifs is 1. The summed E-state index contributed by atoms with van der Waals surface area (Å²) >= 11 is 0. The Morgan fingerprint density at radius 2 is 1.79 bits per heavy atom. The van der Waals surface area contributed by atoms with E-state index >= 15 is 0 Å². The molecule has 1 fully saturated rings. The summed E-state index contributed by atoms with van der Waals surface area (Å²) in [6.07, 6.45) is 0.00837. The zero-order chi connectivity index (χ0) is 20.2. The zero-order valence-electron chi connectivity index (χ0n) is 16.5. The van der Waals surface area contributed by atoms with Crippen LogP contribution >= 0.6 is 0 Å². The molecule has 0 spiro atoms. The maximum Gasteiger partial charge on any atom is 0.263 e. The van der Waals surface area contributed by atoms with Crippen LogP contribution in [0.15, 0.2) is 42.5 Å². The van der Waals surface area contributed by atoms with Gasteiger partial charge in [-0.3, -0.25) is 9.69 Å². The summed E-state index contributed by atoms with van der Waals surface area (Å²) in [5, 5.41) is 0.